The van der Waals surface area contributed by atoms with Gasteiger partial charge in [0.2, 0.25) is 0 Å². The van der Waals surface area contributed by atoms with Crippen LogP contribution in [-0.4, -0.2) is 50.3 Å². The predicted octanol–water partition coefficient (Wildman–Crippen LogP) is 8.72. The summed E-state index contributed by atoms with van der Waals surface area (Å²) in [7, 11) is 0. The molecule has 6 atom stereocenters. The van der Waals surface area contributed by atoms with Crippen LogP contribution in [0.5, 0.6) is 0 Å². The topological polar surface area (TPSA) is 107 Å². The Hall–Kier alpha value is -1.37. The van der Waals surface area contributed by atoms with Crippen LogP contribution in [0, 0.1) is 17.8 Å². The summed E-state index contributed by atoms with van der Waals surface area (Å²) in [4.78, 5) is 11.0. The largest absolute Gasteiger partial charge is 0.493 e. The van der Waals surface area contributed by atoms with Crippen molar-refractivity contribution in [3.8, 4) is 0 Å². The number of rotatable bonds is 24. The van der Waals surface area contributed by atoms with Gasteiger partial charge in [0.05, 0.1) is 29.8 Å². The number of hydrogen-bond acceptors (Lipinski definition) is 5. The van der Waals surface area contributed by atoms with E-state index < -0.39 is 23.3 Å². The number of carbonyl (C=O) groups is 1. The Morgan fingerprint density at radius 1 is 0.881 bits per heavy atom. The molecule has 0 bridgehead atoms. The van der Waals surface area contributed by atoms with Crippen molar-refractivity contribution in [2.24, 2.45) is 17.8 Å². The van der Waals surface area contributed by atoms with Gasteiger partial charge >= 0.3 is 5.97 Å². The molecule has 0 fully saturated rings. The summed E-state index contributed by atoms with van der Waals surface area (Å²) in [6.07, 6.45) is 17.5. The number of hydrogen-bond donors (Lipinski definition) is 4. The summed E-state index contributed by atoms with van der Waals surface area (Å²) < 4.78 is 6.32. The molecule has 0 radical (unpaired) electrons. The van der Waals surface area contributed by atoms with E-state index in [1.165, 1.54) is 32.1 Å². The van der Waals surface area contributed by atoms with Gasteiger partial charge in [-0.25, -0.2) is 0 Å². The maximum absolute atomic E-state index is 11.0. The summed E-state index contributed by atoms with van der Waals surface area (Å²) >= 11 is 0. The number of carboxylic acid groups (broad SMARTS) is 1. The maximum Gasteiger partial charge on any atom is 0.306 e. The first-order valence-corrected chi connectivity index (χ1v) is 17.1. The summed E-state index contributed by atoms with van der Waals surface area (Å²) in [5.74, 6) is 0.418. The molecule has 0 amide bonds. The van der Waals surface area contributed by atoms with E-state index in [0.717, 1.165) is 68.5 Å². The van der Waals surface area contributed by atoms with Gasteiger partial charge in [-0.05, 0) is 108 Å². The van der Waals surface area contributed by atoms with Crippen LogP contribution in [0.25, 0.3) is 0 Å². The first kappa shape index (κ1) is 38.7. The van der Waals surface area contributed by atoms with Gasteiger partial charge < -0.3 is 25.2 Å². The predicted molar refractivity (Wildman–Crippen MR) is 173 cm³/mol. The zero-order chi connectivity index (χ0) is 31.8. The van der Waals surface area contributed by atoms with E-state index in [-0.39, 0.29) is 11.8 Å². The van der Waals surface area contributed by atoms with E-state index >= 15 is 0 Å². The van der Waals surface area contributed by atoms with Crippen LogP contribution in [0.1, 0.15) is 158 Å². The molecule has 0 heterocycles. The normalized spacial score (nSPS) is 21.8. The Kier molecular flexibility index (Phi) is 18.2. The monoisotopic (exact) mass is 594 g/mol. The average Bonchev–Trinajstić information content (AvgIpc) is 2.90. The lowest BCUT2D eigenvalue weighted by atomic mass is 9.83. The highest BCUT2D eigenvalue weighted by Gasteiger charge is 2.27. The van der Waals surface area contributed by atoms with Gasteiger partial charge in [0, 0.05) is 5.92 Å². The first-order chi connectivity index (χ1) is 19.7. The number of allylic oxidation sites excluding steroid dienone is 1. The summed E-state index contributed by atoms with van der Waals surface area (Å²) in [5.41, 5.74) is 0.722. The third-order valence-electron chi connectivity index (χ3n) is 9.48. The van der Waals surface area contributed by atoms with Crippen LogP contribution in [0.2, 0.25) is 0 Å². The number of aliphatic carboxylic acids is 1. The van der Waals surface area contributed by atoms with Crippen molar-refractivity contribution in [1.82, 2.24) is 0 Å². The average molecular weight is 595 g/mol. The molecule has 42 heavy (non-hydrogen) atoms. The quantitative estimate of drug-likeness (QED) is 0.0833. The molecule has 0 aliphatic heterocycles. The van der Waals surface area contributed by atoms with Crippen LogP contribution in [0.15, 0.2) is 23.0 Å². The highest BCUT2D eigenvalue weighted by atomic mass is 16.5. The van der Waals surface area contributed by atoms with Crippen molar-refractivity contribution < 1.29 is 30.0 Å². The maximum atomic E-state index is 11.0. The van der Waals surface area contributed by atoms with Crippen LogP contribution in [-0.2, 0) is 9.53 Å². The zero-order valence-corrected chi connectivity index (χ0v) is 28.2. The molecule has 1 rings (SSSR count). The van der Waals surface area contributed by atoms with E-state index in [1.807, 2.05) is 19.9 Å². The zero-order valence-electron chi connectivity index (χ0n) is 28.2. The van der Waals surface area contributed by atoms with E-state index in [4.69, 9.17) is 9.84 Å². The van der Waals surface area contributed by atoms with Gasteiger partial charge in [0.25, 0.3) is 0 Å². The Bertz CT molecular complexity index is 827. The second kappa shape index (κ2) is 19.8. The molecule has 6 heteroatoms. The number of carboxylic acids is 1. The highest BCUT2D eigenvalue weighted by Crippen LogP contribution is 2.35. The molecule has 4 N–H and O–H groups in total. The Labute approximate surface area is 258 Å². The molecule has 246 valence electrons. The molecular weight excluding hydrogens is 528 g/mol. The smallest absolute Gasteiger partial charge is 0.306 e. The molecule has 0 aromatic carbocycles. The van der Waals surface area contributed by atoms with Gasteiger partial charge in [-0.2, -0.15) is 0 Å². The van der Waals surface area contributed by atoms with Gasteiger partial charge in [0.1, 0.15) is 5.76 Å². The van der Waals surface area contributed by atoms with Gasteiger partial charge in [-0.15, -0.1) is 0 Å². The van der Waals surface area contributed by atoms with Crippen molar-refractivity contribution in [3.63, 3.8) is 0 Å². The first-order valence-electron chi connectivity index (χ1n) is 17.1. The molecule has 6 nitrogen and oxygen atoms in total. The molecular formula is C36H66O6. The van der Waals surface area contributed by atoms with E-state index in [2.05, 4.69) is 27.7 Å². The summed E-state index contributed by atoms with van der Waals surface area (Å²) in [5, 5.41) is 41.3. The Morgan fingerprint density at radius 2 is 1.43 bits per heavy atom. The molecule has 6 unspecified atom stereocenters. The highest BCUT2D eigenvalue weighted by molar-refractivity contribution is 5.69. The molecule has 1 aliphatic rings. The fourth-order valence-electron chi connectivity index (χ4n) is 5.99. The van der Waals surface area contributed by atoms with Gasteiger partial charge in [0.15, 0.2) is 0 Å². The van der Waals surface area contributed by atoms with Crippen molar-refractivity contribution in [2.75, 3.05) is 6.61 Å². The minimum Gasteiger partial charge on any atom is -0.493 e. The molecule has 0 saturated heterocycles. The van der Waals surface area contributed by atoms with Crippen LogP contribution in [0.4, 0.5) is 0 Å². The van der Waals surface area contributed by atoms with Crippen LogP contribution < -0.4 is 0 Å². The number of unbranched alkanes of at least 4 members (excludes halogenated alkanes) is 5. The van der Waals surface area contributed by atoms with E-state index in [1.54, 1.807) is 6.92 Å². The van der Waals surface area contributed by atoms with Crippen molar-refractivity contribution in [3.05, 3.63) is 23.0 Å². The minimum atomic E-state index is -0.827. The van der Waals surface area contributed by atoms with E-state index in [0.29, 0.717) is 38.0 Å². The fraction of sp³-hybridized carbons (Fsp3) is 0.861. The van der Waals surface area contributed by atoms with Crippen molar-refractivity contribution in [2.45, 2.75) is 175 Å². The lowest BCUT2D eigenvalue weighted by Gasteiger charge is -2.29. The number of ether oxygens (including phenoxy) is 1. The second-order valence-electron chi connectivity index (χ2n) is 14.1. The van der Waals surface area contributed by atoms with Crippen LogP contribution in [0.3, 0.4) is 0 Å². The van der Waals surface area contributed by atoms with Crippen molar-refractivity contribution in [1.29, 1.82) is 0 Å². The lowest BCUT2D eigenvalue weighted by molar-refractivity contribution is -0.141. The molecule has 0 saturated carbocycles. The standard InChI is InChI=1S/C36H66O6/c1-8-9-10-11-12-13-25-42-33-30(5)29(4)32(37)26-31(33)20-19-27(2)17-14-21-35(6,40)23-16-24-36(7,41)22-15-18-28(3)34(38)39/h26-29,32,37,40-41H,8-25H2,1-7H3,(H,38,39). The third kappa shape index (κ3) is 15.9. The molecule has 0 spiro atoms. The van der Waals surface area contributed by atoms with Crippen molar-refractivity contribution >= 4 is 5.97 Å². The minimum absolute atomic E-state index is 0.0808. The lowest BCUT2D eigenvalue weighted by Crippen LogP contribution is -2.28. The number of aliphatic hydroxyl groups is 3. The summed E-state index contributed by atoms with van der Waals surface area (Å²) in [6.45, 7) is 14.8. The fourth-order valence-corrected chi connectivity index (χ4v) is 5.99. The molecule has 0 aromatic rings. The van der Waals surface area contributed by atoms with Gasteiger partial charge in [-0.1, -0.05) is 72.6 Å². The number of aliphatic hydroxyl groups excluding tert-OH is 1. The summed E-state index contributed by atoms with van der Waals surface area (Å²) in [6, 6.07) is 0. The van der Waals surface area contributed by atoms with Crippen LogP contribution >= 0.6 is 0 Å². The molecule has 0 aromatic heterocycles. The van der Waals surface area contributed by atoms with Gasteiger partial charge in [-0.3, -0.25) is 4.79 Å². The second-order valence-corrected chi connectivity index (χ2v) is 14.1. The Balaban J connectivity index is 2.41. The third-order valence-corrected chi connectivity index (χ3v) is 9.48. The van der Waals surface area contributed by atoms with E-state index in [9.17, 15) is 20.1 Å². The SMILES string of the molecule is CCCCCCCCOC1=C(C)C(C)C(O)C=C1CCC(C)CCCC(C)(O)CCCC(C)(O)CCCC(C)C(=O)O. The Morgan fingerprint density at radius 3 is 2.02 bits per heavy atom. The molecule has 1 aliphatic carbocycles.